The maximum absolute atomic E-state index is 14.2. The Morgan fingerprint density at radius 2 is 1.93 bits per heavy atom. The SMILES string of the molecule is CCN(C(=O)c1cc(F)ccc1Oc1nncnc1N1CCC2(C1)CN(C(CCCN(C)C)C(C)C)C2)C(C)C. The van der Waals surface area contributed by atoms with Gasteiger partial charge in [0.15, 0.2) is 5.82 Å². The van der Waals surface area contributed by atoms with E-state index in [2.05, 4.69) is 57.8 Å². The van der Waals surface area contributed by atoms with Crippen molar-refractivity contribution in [1.29, 1.82) is 0 Å². The van der Waals surface area contributed by atoms with E-state index >= 15 is 0 Å². The average molecular weight is 556 g/mol. The lowest BCUT2D eigenvalue weighted by atomic mass is 9.76. The van der Waals surface area contributed by atoms with E-state index in [4.69, 9.17) is 4.74 Å². The van der Waals surface area contributed by atoms with Crippen molar-refractivity contribution in [1.82, 2.24) is 29.9 Å². The number of ether oxygens (including phenoxy) is 1. The fraction of sp³-hybridized carbons (Fsp3) is 0.667. The lowest BCUT2D eigenvalue weighted by molar-refractivity contribution is -0.0343. The third-order valence-corrected chi connectivity index (χ3v) is 8.33. The molecule has 3 heterocycles. The van der Waals surface area contributed by atoms with Gasteiger partial charge in [-0.2, -0.15) is 0 Å². The molecule has 4 rings (SSSR count). The van der Waals surface area contributed by atoms with Crippen molar-refractivity contribution in [3.8, 4) is 11.6 Å². The van der Waals surface area contributed by atoms with Gasteiger partial charge in [-0.1, -0.05) is 13.8 Å². The summed E-state index contributed by atoms with van der Waals surface area (Å²) in [6, 6.07) is 4.56. The first-order valence-corrected chi connectivity index (χ1v) is 14.6. The zero-order valence-electron chi connectivity index (χ0n) is 25.2. The number of likely N-dealkylation sites (tertiary alicyclic amines) is 1. The van der Waals surface area contributed by atoms with Crippen LogP contribution in [0.3, 0.4) is 0 Å². The monoisotopic (exact) mass is 555 g/mol. The van der Waals surface area contributed by atoms with Gasteiger partial charge in [0, 0.05) is 50.2 Å². The minimum absolute atomic E-state index is 0.0338. The molecule has 0 bridgehead atoms. The second-order valence-corrected chi connectivity index (χ2v) is 12.3. The molecular weight excluding hydrogens is 509 g/mol. The third-order valence-electron chi connectivity index (χ3n) is 8.33. The Bertz CT molecular complexity index is 1150. The summed E-state index contributed by atoms with van der Waals surface area (Å²) in [5.74, 6) is 0.921. The number of anilines is 1. The van der Waals surface area contributed by atoms with E-state index in [1.165, 1.54) is 37.4 Å². The van der Waals surface area contributed by atoms with Crippen molar-refractivity contribution in [2.24, 2.45) is 11.3 Å². The van der Waals surface area contributed by atoms with Crippen molar-refractivity contribution in [3.05, 3.63) is 35.9 Å². The van der Waals surface area contributed by atoms with Crippen LogP contribution in [0.15, 0.2) is 24.5 Å². The molecule has 2 aliphatic heterocycles. The van der Waals surface area contributed by atoms with Gasteiger partial charge >= 0.3 is 0 Å². The van der Waals surface area contributed by atoms with Crippen LogP contribution in [0.5, 0.6) is 11.6 Å². The molecule has 2 aromatic rings. The fourth-order valence-corrected chi connectivity index (χ4v) is 6.28. The Labute approximate surface area is 238 Å². The first kappa shape index (κ1) is 30.1. The van der Waals surface area contributed by atoms with Gasteiger partial charge in [0.05, 0.1) is 5.56 Å². The highest BCUT2D eigenvalue weighted by Crippen LogP contribution is 2.44. The van der Waals surface area contributed by atoms with Crippen LogP contribution in [0.2, 0.25) is 0 Å². The molecule has 2 aliphatic rings. The van der Waals surface area contributed by atoms with Crippen LogP contribution >= 0.6 is 0 Å². The predicted molar refractivity (Wildman–Crippen MR) is 155 cm³/mol. The summed E-state index contributed by atoms with van der Waals surface area (Å²) in [4.78, 5) is 26.6. The molecule has 2 fully saturated rings. The van der Waals surface area contributed by atoms with E-state index in [-0.39, 0.29) is 34.6 Å². The lowest BCUT2D eigenvalue weighted by Crippen LogP contribution is -2.62. The molecule has 1 aromatic heterocycles. The van der Waals surface area contributed by atoms with Crippen molar-refractivity contribution in [2.45, 2.75) is 66.0 Å². The summed E-state index contributed by atoms with van der Waals surface area (Å²) in [5, 5.41) is 8.19. The average Bonchev–Trinajstić information content (AvgIpc) is 3.33. The van der Waals surface area contributed by atoms with E-state index in [9.17, 15) is 9.18 Å². The lowest BCUT2D eigenvalue weighted by Gasteiger charge is -2.53. The van der Waals surface area contributed by atoms with E-state index in [1.54, 1.807) is 4.90 Å². The summed E-state index contributed by atoms with van der Waals surface area (Å²) >= 11 is 0. The Morgan fingerprint density at radius 3 is 2.58 bits per heavy atom. The topological polar surface area (TPSA) is 77.9 Å². The van der Waals surface area contributed by atoms with Gasteiger partial charge in [0.25, 0.3) is 11.8 Å². The van der Waals surface area contributed by atoms with Crippen LogP contribution in [-0.2, 0) is 0 Å². The summed E-state index contributed by atoms with van der Waals surface area (Å²) in [7, 11) is 4.27. The summed E-state index contributed by atoms with van der Waals surface area (Å²) in [6.07, 6.45) is 4.93. The van der Waals surface area contributed by atoms with Gasteiger partial charge in [-0.25, -0.2) is 9.37 Å². The first-order chi connectivity index (χ1) is 19.0. The number of nitrogens with zero attached hydrogens (tertiary/aromatic N) is 7. The van der Waals surface area contributed by atoms with Crippen molar-refractivity contribution >= 4 is 11.7 Å². The second-order valence-electron chi connectivity index (χ2n) is 12.3. The van der Waals surface area contributed by atoms with Crippen LogP contribution in [0, 0.1) is 17.2 Å². The number of carbonyl (C=O) groups is 1. The largest absolute Gasteiger partial charge is 0.434 e. The van der Waals surface area contributed by atoms with Gasteiger partial charge in [0.2, 0.25) is 0 Å². The maximum atomic E-state index is 14.2. The Morgan fingerprint density at radius 1 is 1.18 bits per heavy atom. The van der Waals surface area contributed by atoms with Crippen molar-refractivity contribution < 1.29 is 13.9 Å². The second kappa shape index (κ2) is 12.8. The number of benzene rings is 1. The van der Waals surface area contributed by atoms with Gasteiger partial charge in [-0.05, 0) is 84.8 Å². The highest BCUT2D eigenvalue weighted by atomic mass is 19.1. The predicted octanol–water partition coefficient (Wildman–Crippen LogP) is 4.55. The summed E-state index contributed by atoms with van der Waals surface area (Å²) in [6.45, 7) is 15.9. The molecule has 0 aliphatic carbocycles. The Hall–Kier alpha value is -2.85. The van der Waals surface area contributed by atoms with E-state index in [1.807, 2.05) is 20.8 Å². The van der Waals surface area contributed by atoms with Crippen LogP contribution in [0.4, 0.5) is 10.2 Å². The summed E-state index contributed by atoms with van der Waals surface area (Å²) < 4.78 is 20.4. The normalized spacial score (nSPS) is 17.6. The quantitative estimate of drug-likeness (QED) is 0.378. The fourth-order valence-electron chi connectivity index (χ4n) is 6.28. The number of amides is 1. The number of aromatic nitrogens is 3. The number of halogens is 1. The van der Waals surface area contributed by atoms with Gasteiger partial charge < -0.3 is 19.4 Å². The van der Waals surface area contributed by atoms with Crippen LogP contribution < -0.4 is 9.64 Å². The smallest absolute Gasteiger partial charge is 0.282 e. The van der Waals surface area contributed by atoms with E-state index < -0.39 is 5.82 Å². The minimum atomic E-state index is -0.495. The molecule has 0 N–H and O–H groups in total. The molecule has 1 spiro atoms. The zero-order chi connectivity index (χ0) is 29.0. The molecular formula is C30H46FN7O2. The molecule has 220 valence electrons. The molecule has 10 heteroatoms. The molecule has 1 atom stereocenters. The minimum Gasteiger partial charge on any atom is -0.434 e. The van der Waals surface area contributed by atoms with Crippen LogP contribution in [-0.4, -0.2) is 101 Å². The standard InChI is InChI=1S/C30H46FN7O2/c1-8-38(22(4)5)29(39)24-16-23(31)11-12-26(24)40-28-27(32-20-33-34-28)36-15-13-30(17-36)18-37(19-30)25(21(2)3)10-9-14-35(6)7/h11-12,16,20-22,25H,8-10,13-15,17-19H2,1-7H3. The molecule has 1 unspecified atom stereocenters. The Balaban J connectivity index is 1.47. The number of rotatable bonds is 12. The van der Waals surface area contributed by atoms with Gasteiger partial charge in [-0.15, -0.1) is 10.2 Å². The molecule has 0 radical (unpaired) electrons. The number of carbonyl (C=O) groups excluding carboxylic acids is 1. The third kappa shape index (κ3) is 6.71. The van der Waals surface area contributed by atoms with Crippen LogP contribution in [0.25, 0.3) is 0 Å². The molecule has 2 saturated heterocycles. The van der Waals surface area contributed by atoms with Gasteiger partial charge in [-0.3, -0.25) is 9.69 Å². The van der Waals surface area contributed by atoms with Crippen LogP contribution in [0.1, 0.15) is 64.2 Å². The van der Waals surface area contributed by atoms with Gasteiger partial charge in [0.1, 0.15) is 17.9 Å². The molecule has 40 heavy (non-hydrogen) atoms. The highest BCUT2D eigenvalue weighted by molar-refractivity contribution is 5.97. The highest BCUT2D eigenvalue weighted by Gasteiger charge is 2.50. The van der Waals surface area contributed by atoms with E-state index in [0.29, 0.717) is 24.3 Å². The molecule has 0 saturated carbocycles. The van der Waals surface area contributed by atoms with E-state index in [0.717, 1.165) is 39.1 Å². The maximum Gasteiger partial charge on any atom is 0.282 e. The summed E-state index contributed by atoms with van der Waals surface area (Å²) in [5.41, 5.74) is 0.390. The van der Waals surface area contributed by atoms with Crippen molar-refractivity contribution in [2.75, 3.05) is 58.3 Å². The molecule has 9 nitrogen and oxygen atoms in total. The Kier molecular flexibility index (Phi) is 9.61. The number of hydrogen-bond donors (Lipinski definition) is 0. The van der Waals surface area contributed by atoms with Crippen molar-refractivity contribution in [3.63, 3.8) is 0 Å². The molecule has 1 aromatic carbocycles. The molecule has 1 amide bonds. The zero-order valence-corrected chi connectivity index (χ0v) is 25.2. The first-order valence-electron chi connectivity index (χ1n) is 14.6. The number of hydrogen-bond acceptors (Lipinski definition) is 8.